The Morgan fingerprint density at radius 3 is 2.46 bits per heavy atom. The van der Waals surface area contributed by atoms with Gasteiger partial charge in [0, 0.05) is 36.2 Å². The number of ether oxygens (including phenoxy) is 2. The van der Waals surface area contributed by atoms with E-state index >= 15 is 0 Å². The first-order valence-corrected chi connectivity index (χ1v) is 8.56. The second-order valence-electron chi connectivity index (χ2n) is 6.33. The van der Waals surface area contributed by atoms with Crippen molar-refractivity contribution in [2.24, 2.45) is 0 Å². The van der Waals surface area contributed by atoms with Gasteiger partial charge in [0.2, 0.25) is 0 Å². The molecule has 134 valence electrons. The average Bonchev–Trinajstić information content (AvgIpc) is 2.97. The Balaban J connectivity index is 1.94. The number of esters is 1. The first-order chi connectivity index (χ1) is 12.6. The summed E-state index contributed by atoms with van der Waals surface area (Å²) >= 11 is 0. The van der Waals surface area contributed by atoms with Gasteiger partial charge in [-0.1, -0.05) is 24.3 Å². The van der Waals surface area contributed by atoms with Gasteiger partial charge in [-0.2, -0.15) is 0 Å². The minimum absolute atomic E-state index is 0.0893. The molecule has 4 rings (SSSR count). The van der Waals surface area contributed by atoms with E-state index in [9.17, 15) is 9.59 Å². The van der Waals surface area contributed by atoms with Gasteiger partial charge in [0.15, 0.2) is 0 Å². The number of carbonyl (C=O) groups is 2. The topological polar surface area (TPSA) is 69.0 Å². The second-order valence-corrected chi connectivity index (χ2v) is 6.33. The van der Waals surface area contributed by atoms with E-state index in [-0.39, 0.29) is 5.91 Å². The molecule has 1 fully saturated rings. The third-order valence-corrected chi connectivity index (χ3v) is 4.60. The number of benzene rings is 2. The Hall–Kier alpha value is -2.86. The van der Waals surface area contributed by atoms with Gasteiger partial charge < -0.3 is 18.8 Å². The van der Waals surface area contributed by atoms with E-state index in [0.29, 0.717) is 54.3 Å². The number of hydrogen-bond acceptors (Lipinski definition) is 5. The van der Waals surface area contributed by atoms with Crippen molar-refractivity contribution in [2.45, 2.75) is 13.8 Å². The van der Waals surface area contributed by atoms with Crippen molar-refractivity contribution in [2.75, 3.05) is 26.3 Å². The number of furan rings is 1. The van der Waals surface area contributed by atoms with Crippen molar-refractivity contribution in [1.82, 2.24) is 4.90 Å². The van der Waals surface area contributed by atoms with Crippen LogP contribution in [-0.4, -0.2) is 43.1 Å². The van der Waals surface area contributed by atoms with Gasteiger partial charge in [-0.25, -0.2) is 0 Å². The molecule has 0 N–H and O–H groups in total. The summed E-state index contributed by atoms with van der Waals surface area (Å²) in [5.74, 6) is 0.489. The zero-order valence-corrected chi connectivity index (χ0v) is 14.7. The van der Waals surface area contributed by atoms with Crippen molar-refractivity contribution in [3.8, 4) is 5.75 Å². The van der Waals surface area contributed by atoms with Crippen molar-refractivity contribution < 1.29 is 23.5 Å². The zero-order valence-electron chi connectivity index (χ0n) is 14.7. The maximum atomic E-state index is 13.1. The second kappa shape index (κ2) is 6.46. The van der Waals surface area contributed by atoms with Crippen LogP contribution in [0.5, 0.6) is 5.75 Å². The van der Waals surface area contributed by atoms with Crippen LogP contribution in [0, 0.1) is 6.92 Å². The average molecular weight is 353 g/mol. The summed E-state index contributed by atoms with van der Waals surface area (Å²) in [7, 11) is 0. The Kier molecular flexibility index (Phi) is 4.12. The number of aryl methyl sites for hydroxylation is 1. The van der Waals surface area contributed by atoms with Crippen molar-refractivity contribution in [3.05, 3.63) is 41.7 Å². The quantitative estimate of drug-likeness (QED) is 0.522. The molecule has 3 aromatic rings. The molecule has 0 spiro atoms. The van der Waals surface area contributed by atoms with Gasteiger partial charge in [0.25, 0.3) is 5.91 Å². The van der Waals surface area contributed by atoms with E-state index in [1.165, 1.54) is 6.92 Å². The van der Waals surface area contributed by atoms with Crippen LogP contribution in [-0.2, 0) is 9.53 Å². The highest BCUT2D eigenvalue weighted by Crippen LogP contribution is 2.38. The van der Waals surface area contributed by atoms with E-state index in [1.54, 1.807) is 17.9 Å². The SMILES string of the molecule is CC(=O)Oc1cc2c(C(=O)N3CCOCC3)c(C)oc2c2ccccc12. The molecule has 26 heavy (non-hydrogen) atoms. The molecule has 0 unspecified atom stereocenters. The fourth-order valence-corrected chi connectivity index (χ4v) is 3.43. The molecular weight excluding hydrogens is 334 g/mol. The summed E-state index contributed by atoms with van der Waals surface area (Å²) in [6.07, 6.45) is 0. The molecule has 1 aromatic heterocycles. The molecule has 1 aliphatic rings. The summed E-state index contributed by atoms with van der Waals surface area (Å²) in [5.41, 5.74) is 1.15. The van der Waals surface area contributed by atoms with Gasteiger partial charge in [0.1, 0.15) is 17.1 Å². The number of hydrogen-bond donors (Lipinski definition) is 0. The number of nitrogens with zero attached hydrogens (tertiary/aromatic N) is 1. The zero-order chi connectivity index (χ0) is 18.3. The van der Waals surface area contributed by atoms with E-state index in [2.05, 4.69) is 0 Å². The maximum absolute atomic E-state index is 13.1. The highest BCUT2D eigenvalue weighted by molar-refractivity contribution is 6.16. The normalized spacial score (nSPS) is 14.8. The summed E-state index contributed by atoms with van der Waals surface area (Å²) < 4.78 is 16.7. The molecule has 6 heteroatoms. The summed E-state index contributed by atoms with van der Waals surface area (Å²) in [6.45, 7) is 5.31. The molecule has 0 saturated carbocycles. The Morgan fingerprint density at radius 2 is 1.77 bits per heavy atom. The fourth-order valence-electron chi connectivity index (χ4n) is 3.43. The van der Waals surface area contributed by atoms with Gasteiger partial charge in [0.05, 0.1) is 18.8 Å². The van der Waals surface area contributed by atoms with Crippen LogP contribution in [0.4, 0.5) is 0 Å². The summed E-state index contributed by atoms with van der Waals surface area (Å²) in [4.78, 5) is 26.4. The molecule has 2 heterocycles. The van der Waals surface area contributed by atoms with Crippen LogP contribution >= 0.6 is 0 Å². The molecule has 0 bridgehead atoms. The van der Waals surface area contributed by atoms with Crippen LogP contribution < -0.4 is 4.74 Å². The lowest BCUT2D eigenvalue weighted by atomic mass is 10.0. The number of amides is 1. The number of morpholine rings is 1. The molecule has 0 atom stereocenters. The Bertz CT molecular complexity index is 1010. The highest BCUT2D eigenvalue weighted by Gasteiger charge is 2.26. The predicted molar refractivity (Wildman–Crippen MR) is 96.5 cm³/mol. The minimum atomic E-state index is -0.407. The predicted octanol–water partition coefficient (Wildman–Crippen LogP) is 3.29. The molecule has 2 aromatic carbocycles. The number of rotatable bonds is 2. The molecule has 1 saturated heterocycles. The first-order valence-electron chi connectivity index (χ1n) is 8.56. The molecule has 6 nitrogen and oxygen atoms in total. The highest BCUT2D eigenvalue weighted by atomic mass is 16.5. The summed E-state index contributed by atoms with van der Waals surface area (Å²) in [5, 5.41) is 2.24. The number of fused-ring (bicyclic) bond motifs is 3. The molecular formula is C20H19NO5. The Labute approximate surface area is 150 Å². The van der Waals surface area contributed by atoms with Crippen LogP contribution in [0.1, 0.15) is 23.0 Å². The van der Waals surface area contributed by atoms with Crippen molar-refractivity contribution >= 4 is 33.6 Å². The minimum Gasteiger partial charge on any atom is -0.460 e. The fraction of sp³-hybridized carbons (Fsp3) is 0.300. The third-order valence-electron chi connectivity index (χ3n) is 4.60. The summed E-state index contributed by atoms with van der Waals surface area (Å²) in [6, 6.07) is 9.26. The molecule has 1 aliphatic heterocycles. The lowest BCUT2D eigenvalue weighted by Crippen LogP contribution is -2.40. The van der Waals surface area contributed by atoms with Crippen molar-refractivity contribution in [3.63, 3.8) is 0 Å². The van der Waals surface area contributed by atoms with Crippen LogP contribution in [0.3, 0.4) is 0 Å². The van der Waals surface area contributed by atoms with Gasteiger partial charge in [-0.05, 0) is 13.0 Å². The van der Waals surface area contributed by atoms with E-state index in [0.717, 1.165) is 10.8 Å². The number of carbonyl (C=O) groups excluding carboxylic acids is 2. The molecule has 0 radical (unpaired) electrons. The lowest BCUT2D eigenvalue weighted by molar-refractivity contribution is -0.131. The largest absolute Gasteiger partial charge is 0.460 e. The standard InChI is InChI=1S/C20H19NO5/c1-12-18(20(23)21-7-9-24-10-8-21)16-11-17(26-13(2)22)14-5-3-4-6-15(14)19(16)25-12/h3-6,11H,7-10H2,1-2H3. The Morgan fingerprint density at radius 1 is 1.08 bits per heavy atom. The van der Waals surface area contributed by atoms with Crippen molar-refractivity contribution in [1.29, 1.82) is 0 Å². The smallest absolute Gasteiger partial charge is 0.308 e. The first kappa shape index (κ1) is 16.6. The third kappa shape index (κ3) is 2.72. The molecule has 0 aliphatic carbocycles. The monoisotopic (exact) mass is 353 g/mol. The van der Waals surface area contributed by atoms with Gasteiger partial charge in [-0.3, -0.25) is 9.59 Å². The van der Waals surface area contributed by atoms with Gasteiger partial charge >= 0.3 is 5.97 Å². The van der Waals surface area contributed by atoms with E-state index < -0.39 is 5.97 Å². The lowest BCUT2D eigenvalue weighted by Gasteiger charge is -2.26. The maximum Gasteiger partial charge on any atom is 0.308 e. The van der Waals surface area contributed by atoms with E-state index in [1.807, 2.05) is 24.3 Å². The van der Waals surface area contributed by atoms with Gasteiger partial charge in [-0.15, -0.1) is 0 Å². The van der Waals surface area contributed by atoms with E-state index in [4.69, 9.17) is 13.9 Å². The van der Waals surface area contributed by atoms with Crippen LogP contribution in [0.15, 0.2) is 34.7 Å². The van der Waals surface area contributed by atoms with Crippen LogP contribution in [0.2, 0.25) is 0 Å². The van der Waals surface area contributed by atoms with Crippen LogP contribution in [0.25, 0.3) is 21.7 Å². The molecule has 1 amide bonds.